The lowest BCUT2D eigenvalue weighted by Gasteiger charge is -2.39. The van der Waals surface area contributed by atoms with E-state index in [0.29, 0.717) is 5.41 Å². The van der Waals surface area contributed by atoms with Crippen LogP contribution in [-0.4, -0.2) is 13.1 Å². The molecule has 1 aliphatic carbocycles. The van der Waals surface area contributed by atoms with Crippen LogP contribution >= 0.6 is 0 Å². The van der Waals surface area contributed by atoms with Gasteiger partial charge in [-0.25, -0.2) is 0 Å². The maximum Gasteiger partial charge on any atom is 0.000779 e. The normalized spacial score (nSPS) is 21.4. The summed E-state index contributed by atoms with van der Waals surface area (Å²) in [5.41, 5.74) is 0.641. The van der Waals surface area contributed by atoms with Crippen molar-refractivity contribution in [3.05, 3.63) is 0 Å². The summed E-state index contributed by atoms with van der Waals surface area (Å²) < 4.78 is 0. The first-order valence-electron chi connectivity index (χ1n) is 6.39. The molecule has 1 heteroatoms. The molecule has 1 N–H and O–H groups in total. The molecule has 1 saturated carbocycles. The van der Waals surface area contributed by atoms with Crippen molar-refractivity contribution in [3.8, 4) is 0 Å². The topological polar surface area (TPSA) is 12.0 Å². The predicted octanol–water partition coefficient (Wildman–Crippen LogP) is 3.59. The van der Waals surface area contributed by atoms with Gasteiger partial charge in [0.25, 0.3) is 0 Å². The molecule has 0 radical (unpaired) electrons. The molecule has 0 heterocycles. The highest BCUT2D eigenvalue weighted by Crippen LogP contribution is 2.40. The zero-order valence-electron chi connectivity index (χ0n) is 10.2. The van der Waals surface area contributed by atoms with Crippen molar-refractivity contribution in [3.63, 3.8) is 0 Å². The largest absolute Gasteiger partial charge is 0.316 e. The summed E-state index contributed by atoms with van der Waals surface area (Å²) in [5.74, 6) is 0.853. The van der Waals surface area contributed by atoms with Crippen molar-refractivity contribution in [1.82, 2.24) is 5.32 Å². The predicted molar refractivity (Wildman–Crippen MR) is 63.5 cm³/mol. The second-order valence-electron chi connectivity index (χ2n) is 5.44. The fraction of sp³-hybridized carbons (Fsp3) is 1.00. The molecule has 0 atom stereocenters. The Labute approximate surface area is 89.7 Å². The van der Waals surface area contributed by atoms with E-state index >= 15 is 0 Å². The van der Waals surface area contributed by atoms with Crippen LogP contribution in [0.1, 0.15) is 59.3 Å². The van der Waals surface area contributed by atoms with Crippen LogP contribution in [0.5, 0.6) is 0 Å². The van der Waals surface area contributed by atoms with E-state index in [0.717, 1.165) is 12.5 Å². The molecule has 0 spiro atoms. The van der Waals surface area contributed by atoms with Gasteiger partial charge in [0.05, 0.1) is 0 Å². The third-order valence-electron chi connectivity index (χ3n) is 3.51. The van der Waals surface area contributed by atoms with Gasteiger partial charge >= 0.3 is 0 Å². The Morgan fingerprint density at radius 1 is 1.14 bits per heavy atom. The molecule has 0 amide bonds. The molecule has 84 valence electrons. The average molecular weight is 197 g/mol. The Bertz CT molecular complexity index is 145. The number of hydrogen-bond acceptors (Lipinski definition) is 1. The molecule has 0 bridgehead atoms. The Morgan fingerprint density at radius 3 is 2.29 bits per heavy atom. The van der Waals surface area contributed by atoms with Crippen LogP contribution in [0.4, 0.5) is 0 Å². The molecule has 14 heavy (non-hydrogen) atoms. The van der Waals surface area contributed by atoms with Crippen molar-refractivity contribution in [2.45, 2.75) is 59.3 Å². The van der Waals surface area contributed by atoms with E-state index in [4.69, 9.17) is 0 Å². The van der Waals surface area contributed by atoms with E-state index < -0.39 is 0 Å². The zero-order valence-corrected chi connectivity index (χ0v) is 10.2. The third kappa shape index (κ3) is 3.61. The lowest BCUT2D eigenvalue weighted by molar-refractivity contribution is 0.146. The third-order valence-corrected chi connectivity index (χ3v) is 3.51. The molecule has 0 aromatic rings. The van der Waals surface area contributed by atoms with Crippen LogP contribution in [-0.2, 0) is 0 Å². The molecule has 0 aromatic heterocycles. The molecule has 0 aliphatic heterocycles. The standard InChI is InChI=1S/C13H27N/c1-4-14-11-13(10-12(2)3)8-6-5-7-9-13/h12,14H,4-11H2,1-3H3. The van der Waals surface area contributed by atoms with Gasteiger partial charge in [0.2, 0.25) is 0 Å². The molecular weight excluding hydrogens is 170 g/mol. The van der Waals surface area contributed by atoms with E-state index in [1.165, 1.54) is 45.1 Å². The molecule has 0 aromatic carbocycles. The summed E-state index contributed by atoms with van der Waals surface area (Å²) >= 11 is 0. The van der Waals surface area contributed by atoms with Gasteiger partial charge in [0, 0.05) is 6.54 Å². The smallest absolute Gasteiger partial charge is 0.000779 e. The van der Waals surface area contributed by atoms with Gasteiger partial charge in [-0.2, -0.15) is 0 Å². The molecule has 0 saturated heterocycles. The summed E-state index contributed by atoms with van der Waals surface area (Å²) in [6.07, 6.45) is 8.71. The highest BCUT2D eigenvalue weighted by atomic mass is 14.9. The summed E-state index contributed by atoms with van der Waals surface area (Å²) in [6.45, 7) is 9.32. The minimum absolute atomic E-state index is 0.641. The Morgan fingerprint density at radius 2 is 1.79 bits per heavy atom. The molecule has 1 rings (SSSR count). The first-order valence-corrected chi connectivity index (χ1v) is 6.39. The molecule has 1 aliphatic rings. The Balaban J connectivity index is 2.47. The Hall–Kier alpha value is -0.0400. The summed E-state index contributed by atoms with van der Waals surface area (Å²) in [4.78, 5) is 0. The van der Waals surface area contributed by atoms with Crippen molar-refractivity contribution in [2.75, 3.05) is 13.1 Å². The van der Waals surface area contributed by atoms with Crippen LogP contribution in [0, 0.1) is 11.3 Å². The van der Waals surface area contributed by atoms with Gasteiger partial charge < -0.3 is 5.32 Å². The second kappa shape index (κ2) is 5.75. The quantitative estimate of drug-likeness (QED) is 0.710. The lowest BCUT2D eigenvalue weighted by Crippen LogP contribution is -2.37. The van der Waals surface area contributed by atoms with Gasteiger partial charge in [-0.3, -0.25) is 0 Å². The fourth-order valence-corrected chi connectivity index (χ4v) is 3.01. The lowest BCUT2D eigenvalue weighted by atomic mass is 9.69. The van der Waals surface area contributed by atoms with E-state index in [2.05, 4.69) is 26.1 Å². The van der Waals surface area contributed by atoms with Crippen molar-refractivity contribution < 1.29 is 0 Å². The summed E-state index contributed by atoms with van der Waals surface area (Å²) in [7, 11) is 0. The first-order chi connectivity index (χ1) is 6.68. The van der Waals surface area contributed by atoms with Crippen LogP contribution < -0.4 is 5.32 Å². The van der Waals surface area contributed by atoms with Crippen molar-refractivity contribution >= 4 is 0 Å². The molecule has 0 unspecified atom stereocenters. The minimum atomic E-state index is 0.641. The summed E-state index contributed by atoms with van der Waals surface area (Å²) in [6, 6.07) is 0. The van der Waals surface area contributed by atoms with E-state index in [1.54, 1.807) is 0 Å². The van der Waals surface area contributed by atoms with Gasteiger partial charge in [0.15, 0.2) is 0 Å². The first kappa shape index (κ1) is 12.0. The number of rotatable bonds is 5. The maximum atomic E-state index is 3.56. The van der Waals surface area contributed by atoms with Crippen LogP contribution in [0.3, 0.4) is 0 Å². The highest BCUT2D eigenvalue weighted by Gasteiger charge is 2.31. The maximum absolute atomic E-state index is 3.56. The fourth-order valence-electron chi connectivity index (χ4n) is 3.01. The number of hydrogen-bond donors (Lipinski definition) is 1. The zero-order chi connectivity index (χ0) is 10.4. The molecule has 1 nitrogen and oxygen atoms in total. The summed E-state index contributed by atoms with van der Waals surface area (Å²) in [5, 5.41) is 3.56. The van der Waals surface area contributed by atoms with E-state index in [-0.39, 0.29) is 0 Å². The monoisotopic (exact) mass is 197 g/mol. The van der Waals surface area contributed by atoms with Crippen molar-refractivity contribution in [2.24, 2.45) is 11.3 Å². The molecular formula is C13H27N. The molecule has 1 fully saturated rings. The SMILES string of the molecule is CCNCC1(CC(C)C)CCCCC1. The number of nitrogens with one attached hydrogen (secondary N) is 1. The minimum Gasteiger partial charge on any atom is -0.316 e. The van der Waals surface area contributed by atoms with E-state index in [9.17, 15) is 0 Å². The van der Waals surface area contributed by atoms with Crippen LogP contribution in [0.25, 0.3) is 0 Å². The Kier molecular flexibility index (Phi) is 4.94. The van der Waals surface area contributed by atoms with Crippen LogP contribution in [0.2, 0.25) is 0 Å². The second-order valence-corrected chi connectivity index (χ2v) is 5.44. The van der Waals surface area contributed by atoms with Gasteiger partial charge in [-0.05, 0) is 37.1 Å². The van der Waals surface area contributed by atoms with Crippen molar-refractivity contribution in [1.29, 1.82) is 0 Å². The van der Waals surface area contributed by atoms with Crippen LogP contribution in [0.15, 0.2) is 0 Å². The van der Waals surface area contributed by atoms with Gasteiger partial charge in [0.1, 0.15) is 0 Å². The van der Waals surface area contributed by atoms with Gasteiger partial charge in [-0.15, -0.1) is 0 Å². The average Bonchev–Trinajstić information content (AvgIpc) is 2.15. The van der Waals surface area contributed by atoms with E-state index in [1.807, 2.05) is 0 Å². The highest BCUT2D eigenvalue weighted by molar-refractivity contribution is 4.85. The van der Waals surface area contributed by atoms with Gasteiger partial charge in [-0.1, -0.05) is 40.0 Å².